The molecule has 6 rings (SSSR count). The van der Waals surface area contributed by atoms with Crippen LogP contribution in [0.4, 0.5) is 23.4 Å². The lowest BCUT2D eigenvalue weighted by molar-refractivity contribution is -0.120. The van der Waals surface area contributed by atoms with E-state index < -0.39 is 0 Å². The third kappa shape index (κ3) is 5.32. The lowest BCUT2D eigenvalue weighted by atomic mass is 9.73. The van der Waals surface area contributed by atoms with Crippen LogP contribution in [0.3, 0.4) is 0 Å². The van der Waals surface area contributed by atoms with E-state index in [0.29, 0.717) is 59.3 Å². The van der Waals surface area contributed by atoms with Crippen molar-refractivity contribution in [1.29, 1.82) is 0 Å². The highest BCUT2D eigenvalue weighted by atomic mass is 35.5. The summed E-state index contributed by atoms with van der Waals surface area (Å²) in [5.41, 5.74) is 6.37. The van der Waals surface area contributed by atoms with Crippen LogP contribution in [0.5, 0.6) is 0 Å². The predicted molar refractivity (Wildman–Crippen MR) is 154 cm³/mol. The van der Waals surface area contributed by atoms with E-state index in [-0.39, 0.29) is 23.5 Å². The molecule has 3 fully saturated rings. The first-order valence-electron chi connectivity index (χ1n) is 13.5. The van der Waals surface area contributed by atoms with Crippen LogP contribution in [0.1, 0.15) is 32.6 Å². The molecule has 2 saturated heterocycles. The number of hydrogen-bond donors (Lipinski definition) is 3. The SMILES string of the molecule is C[C@@H]1C(=O)CC2(CCN(c3cnc(Sc4ccnc(Nc5ccnc(N6CC[C@H](O)C6)n5)c4Cl)cn3)CC2)[C@H]1N. The normalized spacial score (nSPS) is 24.2. The molecule has 0 amide bonds. The number of piperidine rings is 1. The summed E-state index contributed by atoms with van der Waals surface area (Å²) < 4.78 is 0. The van der Waals surface area contributed by atoms with Crippen LogP contribution >= 0.6 is 23.4 Å². The van der Waals surface area contributed by atoms with E-state index in [1.807, 2.05) is 17.9 Å². The molecule has 0 bridgehead atoms. The van der Waals surface area contributed by atoms with Crippen LogP contribution in [0.2, 0.25) is 5.02 Å². The number of rotatable bonds is 6. The van der Waals surface area contributed by atoms with Crippen molar-refractivity contribution in [2.45, 2.75) is 54.7 Å². The molecule has 0 unspecified atom stereocenters. The van der Waals surface area contributed by atoms with Crippen LogP contribution in [0.25, 0.3) is 0 Å². The third-order valence-electron chi connectivity index (χ3n) is 8.38. The number of β-amino-alcohol motifs (C(OH)–C–C–N with tert-alkyl or cyclic N) is 1. The van der Waals surface area contributed by atoms with Crippen molar-refractivity contribution < 1.29 is 9.90 Å². The Morgan fingerprint density at radius 2 is 1.90 bits per heavy atom. The smallest absolute Gasteiger partial charge is 0.227 e. The van der Waals surface area contributed by atoms with Gasteiger partial charge in [0.1, 0.15) is 22.4 Å². The number of Topliss-reactive ketones (excluding diaryl/α,β-unsaturated/α-hetero) is 1. The van der Waals surface area contributed by atoms with Crippen molar-refractivity contribution in [3.05, 3.63) is 41.9 Å². The minimum atomic E-state index is -0.360. The summed E-state index contributed by atoms with van der Waals surface area (Å²) in [5, 5.41) is 14.2. The Bertz CT molecular complexity index is 1390. The first-order valence-corrected chi connectivity index (χ1v) is 14.7. The number of pyridine rings is 1. The molecule has 0 radical (unpaired) electrons. The standard InChI is InChI=1S/C27H32ClN9O2S/c1-16-18(39)12-27(24(16)29)5-10-36(11-6-27)21-13-33-22(14-32-21)40-19-2-7-30-25(23(19)28)34-20-3-8-31-26(35-20)37-9-4-17(38)15-37/h2-3,7-8,13-14,16-17,24,38H,4-6,9-12,15,29H2,1H3,(H,30,31,34,35)/t16-,17+,24+/m1/s1. The number of nitrogens with one attached hydrogen (secondary N) is 1. The molecule has 40 heavy (non-hydrogen) atoms. The van der Waals surface area contributed by atoms with E-state index >= 15 is 0 Å². The molecular weight excluding hydrogens is 550 g/mol. The summed E-state index contributed by atoms with van der Waals surface area (Å²) in [5.74, 6) is 2.65. The molecule has 1 saturated carbocycles. The van der Waals surface area contributed by atoms with Crippen LogP contribution in [-0.2, 0) is 4.79 Å². The topological polar surface area (TPSA) is 146 Å². The number of ketones is 1. The minimum absolute atomic E-state index is 0.0539. The highest BCUT2D eigenvalue weighted by Crippen LogP contribution is 2.46. The lowest BCUT2D eigenvalue weighted by Crippen LogP contribution is -2.48. The number of halogens is 1. The van der Waals surface area contributed by atoms with Gasteiger partial charge in [0.25, 0.3) is 0 Å². The molecule has 4 N–H and O–H groups in total. The fourth-order valence-corrected chi connectivity index (χ4v) is 6.92. The quantitative estimate of drug-likeness (QED) is 0.392. The number of nitrogens with two attached hydrogens (primary N) is 1. The van der Waals surface area contributed by atoms with Gasteiger partial charge >= 0.3 is 0 Å². The third-order valence-corrected chi connectivity index (χ3v) is 9.86. The number of hydrogen-bond acceptors (Lipinski definition) is 12. The zero-order valence-corrected chi connectivity index (χ0v) is 23.8. The number of nitrogens with zero attached hydrogens (tertiary/aromatic N) is 7. The summed E-state index contributed by atoms with van der Waals surface area (Å²) in [6, 6.07) is 3.52. The Hall–Kier alpha value is -3.06. The Morgan fingerprint density at radius 1 is 1.10 bits per heavy atom. The molecular formula is C27H32ClN9O2S. The summed E-state index contributed by atoms with van der Waals surface area (Å²) in [6.45, 7) is 4.80. The van der Waals surface area contributed by atoms with Crippen molar-refractivity contribution in [2.75, 3.05) is 41.3 Å². The van der Waals surface area contributed by atoms with Crippen LogP contribution < -0.4 is 20.9 Å². The van der Waals surface area contributed by atoms with Crippen molar-refractivity contribution in [2.24, 2.45) is 17.1 Å². The fourth-order valence-electron chi connectivity index (χ4n) is 5.89. The molecule has 3 atom stereocenters. The number of aliphatic hydroxyl groups excluding tert-OH is 1. The number of carbonyl (C=O) groups is 1. The van der Waals surface area contributed by atoms with Crippen LogP contribution in [-0.4, -0.2) is 74.1 Å². The van der Waals surface area contributed by atoms with Gasteiger partial charge in [-0.05, 0) is 36.8 Å². The zero-order valence-electron chi connectivity index (χ0n) is 22.2. The van der Waals surface area contributed by atoms with Crippen LogP contribution in [0, 0.1) is 11.3 Å². The summed E-state index contributed by atoms with van der Waals surface area (Å²) in [7, 11) is 0. The lowest BCUT2D eigenvalue weighted by Gasteiger charge is -2.42. The molecule has 3 aliphatic rings. The first-order chi connectivity index (χ1) is 19.3. The number of carbonyl (C=O) groups excluding carboxylic acids is 1. The van der Waals surface area contributed by atoms with E-state index in [1.54, 1.807) is 30.9 Å². The van der Waals surface area contributed by atoms with Gasteiger partial charge in [-0.25, -0.2) is 19.9 Å². The maximum absolute atomic E-state index is 12.3. The van der Waals surface area contributed by atoms with Gasteiger partial charge in [0.2, 0.25) is 5.95 Å². The van der Waals surface area contributed by atoms with Crippen molar-refractivity contribution in [1.82, 2.24) is 24.9 Å². The van der Waals surface area contributed by atoms with Gasteiger partial charge in [-0.2, -0.15) is 4.98 Å². The Balaban J connectivity index is 1.09. The highest BCUT2D eigenvalue weighted by Gasteiger charge is 2.50. The average Bonchev–Trinajstić information content (AvgIpc) is 3.49. The maximum Gasteiger partial charge on any atom is 0.227 e. The van der Waals surface area contributed by atoms with Gasteiger partial charge in [-0.1, -0.05) is 30.3 Å². The summed E-state index contributed by atoms with van der Waals surface area (Å²) >= 11 is 8.12. The molecule has 13 heteroatoms. The van der Waals surface area contributed by atoms with Crippen LogP contribution in [0.15, 0.2) is 46.8 Å². The second-order valence-corrected chi connectivity index (χ2v) is 12.3. The largest absolute Gasteiger partial charge is 0.391 e. The predicted octanol–water partition coefficient (Wildman–Crippen LogP) is 3.30. The average molecular weight is 582 g/mol. The fraction of sp³-hybridized carbons (Fsp3) is 0.481. The number of aromatic nitrogens is 5. The second-order valence-electron chi connectivity index (χ2n) is 10.8. The minimum Gasteiger partial charge on any atom is -0.391 e. The zero-order chi connectivity index (χ0) is 27.9. The molecule has 3 aromatic heterocycles. The molecule has 210 valence electrons. The van der Waals surface area contributed by atoms with E-state index in [0.717, 1.165) is 36.6 Å². The second kappa shape index (κ2) is 11.1. The molecule has 5 heterocycles. The molecule has 11 nitrogen and oxygen atoms in total. The summed E-state index contributed by atoms with van der Waals surface area (Å²) in [6.07, 6.45) is 9.60. The van der Waals surface area contributed by atoms with Gasteiger partial charge < -0.3 is 26.0 Å². The van der Waals surface area contributed by atoms with Crippen molar-refractivity contribution >= 4 is 52.5 Å². The molecule has 2 aliphatic heterocycles. The van der Waals surface area contributed by atoms with E-state index in [9.17, 15) is 9.90 Å². The van der Waals surface area contributed by atoms with E-state index in [1.165, 1.54) is 11.8 Å². The van der Waals surface area contributed by atoms with Gasteiger partial charge in [0.15, 0.2) is 5.82 Å². The molecule has 0 aromatic carbocycles. The van der Waals surface area contributed by atoms with E-state index in [4.69, 9.17) is 17.3 Å². The monoisotopic (exact) mass is 581 g/mol. The maximum atomic E-state index is 12.3. The van der Waals surface area contributed by atoms with Crippen molar-refractivity contribution in [3.63, 3.8) is 0 Å². The highest BCUT2D eigenvalue weighted by molar-refractivity contribution is 7.99. The van der Waals surface area contributed by atoms with Gasteiger partial charge in [-0.3, -0.25) is 4.79 Å². The Morgan fingerprint density at radius 3 is 2.58 bits per heavy atom. The van der Waals surface area contributed by atoms with Gasteiger partial charge in [0.05, 0.1) is 23.5 Å². The summed E-state index contributed by atoms with van der Waals surface area (Å²) in [4.78, 5) is 39.8. The Kier molecular flexibility index (Phi) is 7.51. The van der Waals surface area contributed by atoms with Gasteiger partial charge in [-0.15, -0.1) is 0 Å². The molecule has 3 aromatic rings. The first kappa shape index (κ1) is 27.1. The molecule has 1 spiro atoms. The number of anilines is 4. The number of aliphatic hydroxyl groups is 1. The van der Waals surface area contributed by atoms with Crippen molar-refractivity contribution in [3.8, 4) is 0 Å². The van der Waals surface area contributed by atoms with E-state index in [2.05, 4.69) is 35.1 Å². The van der Waals surface area contributed by atoms with Gasteiger partial charge in [0, 0.05) is 61.8 Å². The molecule has 1 aliphatic carbocycles. The Labute approximate surface area is 242 Å².